The van der Waals surface area contributed by atoms with Gasteiger partial charge in [-0.2, -0.15) is 0 Å². The van der Waals surface area contributed by atoms with Gasteiger partial charge in [0.05, 0.1) is 0 Å². The van der Waals surface area contributed by atoms with Crippen LogP contribution in [0.15, 0.2) is 48.6 Å². The van der Waals surface area contributed by atoms with Crippen LogP contribution in [0.2, 0.25) is 0 Å². The third-order valence-corrected chi connectivity index (χ3v) is 4.78. The molecule has 0 nitrogen and oxygen atoms in total. The number of hydrogen-bond acceptors (Lipinski definition) is 0. The van der Waals surface area contributed by atoms with Crippen molar-refractivity contribution in [3.63, 3.8) is 0 Å². The zero-order valence-corrected chi connectivity index (χ0v) is 11.5. The van der Waals surface area contributed by atoms with E-state index in [9.17, 15) is 0 Å². The van der Waals surface area contributed by atoms with E-state index in [0.717, 1.165) is 10.7 Å². The van der Waals surface area contributed by atoms with Crippen LogP contribution in [0.5, 0.6) is 0 Å². The molecule has 0 atom stereocenters. The molecule has 1 aliphatic rings. The summed E-state index contributed by atoms with van der Waals surface area (Å²) >= 11 is 7.22. The van der Waals surface area contributed by atoms with Crippen molar-refractivity contribution < 1.29 is 0 Å². The Hall–Kier alpha value is -0.340. The lowest BCUT2D eigenvalue weighted by Gasteiger charge is -2.27. The van der Waals surface area contributed by atoms with Gasteiger partial charge in [-0.15, -0.1) is 0 Å². The molecule has 1 aromatic rings. The molecular weight excluding hydrogens is 316 g/mol. The average Bonchev–Trinajstić information content (AvgIpc) is 2.74. The van der Waals surface area contributed by atoms with Crippen LogP contribution in [-0.2, 0) is 0 Å². The molecule has 78 valence electrons. The first-order valence-corrected chi connectivity index (χ1v) is 7.14. The molecule has 0 radical (unpaired) electrons. The summed E-state index contributed by atoms with van der Waals surface area (Å²) in [6.07, 6.45) is 6.61. The smallest absolute Gasteiger partial charge is 0.0334 e. The highest BCUT2D eigenvalue weighted by Crippen LogP contribution is 2.43. The molecular formula is C13H12Br2. The molecule has 0 aromatic heterocycles. The molecule has 15 heavy (non-hydrogen) atoms. The standard InChI is InChI=1S/C13H12Br2/c14-9-13(10-15)8-4-7-12(13)11-5-2-1-3-6-11/h1-8H,9-10H2. The van der Waals surface area contributed by atoms with Crippen LogP contribution in [0.4, 0.5) is 0 Å². The first kappa shape index (κ1) is 11.2. The van der Waals surface area contributed by atoms with Crippen LogP contribution >= 0.6 is 31.9 Å². The lowest BCUT2D eigenvalue weighted by Crippen LogP contribution is -2.21. The predicted octanol–water partition coefficient (Wildman–Crippen LogP) is 4.42. The Morgan fingerprint density at radius 2 is 1.67 bits per heavy atom. The fourth-order valence-electron chi connectivity index (χ4n) is 1.85. The minimum atomic E-state index is 0.112. The Bertz CT molecular complexity index is 386. The summed E-state index contributed by atoms with van der Waals surface area (Å²) in [5.74, 6) is 0. The van der Waals surface area contributed by atoms with Crippen molar-refractivity contribution in [3.8, 4) is 0 Å². The van der Waals surface area contributed by atoms with Gasteiger partial charge >= 0.3 is 0 Å². The summed E-state index contributed by atoms with van der Waals surface area (Å²) in [5.41, 5.74) is 2.81. The van der Waals surface area contributed by atoms with Gasteiger partial charge in [-0.05, 0) is 11.1 Å². The normalized spacial score (nSPS) is 17.9. The molecule has 0 saturated heterocycles. The van der Waals surface area contributed by atoms with Crippen molar-refractivity contribution in [3.05, 3.63) is 54.1 Å². The highest BCUT2D eigenvalue weighted by molar-refractivity contribution is 9.09. The van der Waals surface area contributed by atoms with E-state index in [4.69, 9.17) is 0 Å². The maximum absolute atomic E-state index is 3.61. The van der Waals surface area contributed by atoms with Gasteiger partial charge in [-0.25, -0.2) is 0 Å². The molecule has 2 rings (SSSR count). The monoisotopic (exact) mass is 326 g/mol. The molecule has 0 unspecified atom stereocenters. The van der Waals surface area contributed by atoms with E-state index < -0.39 is 0 Å². The van der Waals surface area contributed by atoms with E-state index in [0.29, 0.717) is 0 Å². The number of alkyl halides is 2. The van der Waals surface area contributed by atoms with E-state index >= 15 is 0 Å². The van der Waals surface area contributed by atoms with Gasteiger partial charge in [0.25, 0.3) is 0 Å². The van der Waals surface area contributed by atoms with Crippen molar-refractivity contribution in [2.45, 2.75) is 0 Å². The van der Waals surface area contributed by atoms with Crippen molar-refractivity contribution in [2.75, 3.05) is 10.7 Å². The van der Waals surface area contributed by atoms with Crippen molar-refractivity contribution >= 4 is 37.4 Å². The van der Waals surface area contributed by atoms with Gasteiger partial charge in [0.15, 0.2) is 0 Å². The Morgan fingerprint density at radius 3 is 2.27 bits per heavy atom. The lowest BCUT2D eigenvalue weighted by molar-refractivity contribution is 0.698. The van der Waals surface area contributed by atoms with Crippen LogP contribution in [-0.4, -0.2) is 10.7 Å². The summed E-state index contributed by atoms with van der Waals surface area (Å²) in [5, 5.41) is 1.89. The van der Waals surface area contributed by atoms with Crippen molar-refractivity contribution in [1.29, 1.82) is 0 Å². The first-order chi connectivity index (χ1) is 7.32. The molecule has 2 heteroatoms. The Kier molecular flexibility index (Phi) is 3.47. The lowest BCUT2D eigenvalue weighted by atomic mass is 9.83. The summed E-state index contributed by atoms with van der Waals surface area (Å²) < 4.78 is 0. The van der Waals surface area contributed by atoms with Gasteiger partial charge in [0.1, 0.15) is 0 Å². The van der Waals surface area contributed by atoms with Crippen molar-refractivity contribution in [1.82, 2.24) is 0 Å². The molecule has 0 amide bonds. The summed E-state index contributed by atoms with van der Waals surface area (Å²) in [6, 6.07) is 10.6. The average molecular weight is 328 g/mol. The molecule has 1 aromatic carbocycles. The summed E-state index contributed by atoms with van der Waals surface area (Å²) in [4.78, 5) is 0. The van der Waals surface area contributed by atoms with Crippen molar-refractivity contribution in [2.24, 2.45) is 5.41 Å². The predicted molar refractivity (Wildman–Crippen MR) is 73.6 cm³/mol. The van der Waals surface area contributed by atoms with Crippen LogP contribution in [0, 0.1) is 5.41 Å². The van der Waals surface area contributed by atoms with Gasteiger partial charge in [-0.1, -0.05) is 80.4 Å². The Balaban J connectivity index is 2.40. The minimum Gasteiger partial charge on any atom is -0.0915 e. The highest BCUT2D eigenvalue weighted by Gasteiger charge is 2.32. The molecule has 0 aliphatic heterocycles. The second-order valence-corrected chi connectivity index (χ2v) is 4.85. The third kappa shape index (κ3) is 1.98. The Morgan fingerprint density at radius 1 is 1.00 bits per heavy atom. The fraction of sp³-hybridized carbons (Fsp3) is 0.231. The number of rotatable bonds is 3. The maximum Gasteiger partial charge on any atom is 0.0334 e. The second-order valence-electron chi connectivity index (χ2n) is 3.73. The number of benzene rings is 1. The molecule has 0 spiro atoms. The molecule has 0 fully saturated rings. The molecule has 0 N–H and O–H groups in total. The van der Waals surface area contributed by atoms with E-state index in [1.54, 1.807) is 0 Å². The number of halogens is 2. The molecule has 1 aliphatic carbocycles. The third-order valence-electron chi connectivity index (χ3n) is 2.78. The zero-order valence-electron chi connectivity index (χ0n) is 8.29. The van der Waals surface area contributed by atoms with E-state index in [1.165, 1.54) is 11.1 Å². The topological polar surface area (TPSA) is 0 Å². The van der Waals surface area contributed by atoms with Crippen LogP contribution in [0.25, 0.3) is 5.57 Å². The second kappa shape index (κ2) is 4.67. The molecule has 0 heterocycles. The SMILES string of the molecule is BrCC1(CBr)C=CC=C1c1ccccc1. The van der Waals surface area contributed by atoms with E-state index in [2.05, 4.69) is 80.4 Å². The number of hydrogen-bond donors (Lipinski definition) is 0. The molecule has 0 saturated carbocycles. The molecule has 0 bridgehead atoms. The quantitative estimate of drug-likeness (QED) is 0.721. The van der Waals surface area contributed by atoms with Crippen LogP contribution in [0.1, 0.15) is 5.56 Å². The number of allylic oxidation sites excluding steroid dienone is 4. The zero-order chi connectivity index (χ0) is 10.7. The summed E-state index contributed by atoms with van der Waals surface area (Å²) in [7, 11) is 0. The summed E-state index contributed by atoms with van der Waals surface area (Å²) in [6.45, 7) is 0. The first-order valence-electron chi connectivity index (χ1n) is 4.90. The fourth-order valence-corrected chi connectivity index (χ4v) is 3.76. The van der Waals surface area contributed by atoms with Gasteiger partial charge < -0.3 is 0 Å². The van der Waals surface area contributed by atoms with E-state index in [1.807, 2.05) is 0 Å². The van der Waals surface area contributed by atoms with Gasteiger partial charge in [0.2, 0.25) is 0 Å². The van der Waals surface area contributed by atoms with Gasteiger partial charge in [0, 0.05) is 16.1 Å². The van der Waals surface area contributed by atoms with Gasteiger partial charge in [-0.3, -0.25) is 0 Å². The van der Waals surface area contributed by atoms with Crippen LogP contribution in [0.3, 0.4) is 0 Å². The largest absolute Gasteiger partial charge is 0.0915 e. The maximum atomic E-state index is 3.61. The minimum absolute atomic E-state index is 0.112. The van der Waals surface area contributed by atoms with Crippen LogP contribution < -0.4 is 0 Å². The highest BCUT2D eigenvalue weighted by atomic mass is 79.9. The van der Waals surface area contributed by atoms with E-state index in [-0.39, 0.29) is 5.41 Å². The Labute approximate surface area is 107 Å².